The average molecular weight is 194 g/mol. The first-order valence-electron chi connectivity index (χ1n) is 5.55. The molecule has 0 aromatic rings. The number of hydrogen-bond acceptors (Lipinski definition) is 2. The Labute approximate surface area is 85.6 Å². The molecule has 0 aliphatic carbocycles. The van der Waals surface area contributed by atoms with Crippen LogP contribution in [0.25, 0.3) is 4.85 Å². The van der Waals surface area contributed by atoms with Crippen LogP contribution in [0.15, 0.2) is 0 Å². The fraction of sp³-hybridized carbons (Fsp3) is 0.909. The predicted octanol–water partition coefficient (Wildman–Crippen LogP) is 1.31. The Balaban J connectivity index is 1.81. The minimum absolute atomic E-state index is 0.234. The van der Waals surface area contributed by atoms with E-state index < -0.39 is 0 Å². The molecule has 0 unspecified atom stereocenters. The van der Waals surface area contributed by atoms with Crippen LogP contribution in [0.3, 0.4) is 0 Å². The van der Waals surface area contributed by atoms with Crippen LogP contribution in [0, 0.1) is 18.4 Å². The highest BCUT2D eigenvalue weighted by Gasteiger charge is 2.33. The van der Waals surface area contributed by atoms with E-state index in [1.165, 1.54) is 19.3 Å². The van der Waals surface area contributed by atoms with E-state index in [0.717, 1.165) is 32.2 Å². The second-order valence-corrected chi connectivity index (χ2v) is 4.41. The second-order valence-electron chi connectivity index (χ2n) is 4.41. The van der Waals surface area contributed by atoms with Crippen molar-refractivity contribution in [3.8, 4) is 0 Å². The summed E-state index contributed by atoms with van der Waals surface area (Å²) in [4.78, 5) is 3.69. The van der Waals surface area contributed by atoms with E-state index in [9.17, 15) is 0 Å². The van der Waals surface area contributed by atoms with Gasteiger partial charge in [-0.2, -0.15) is 0 Å². The number of rotatable bonds is 2. The molecule has 78 valence electrons. The lowest BCUT2D eigenvalue weighted by molar-refractivity contribution is 0.0592. The molecule has 2 rings (SSSR count). The molecule has 2 aliphatic rings. The summed E-state index contributed by atoms with van der Waals surface area (Å²) < 4.78 is 5.34. The SMILES string of the molecule is [C-]#[N+][C@H]1CNC[C@@H]1CC1CCOCC1. The minimum atomic E-state index is 0.234. The molecule has 2 aliphatic heterocycles. The Morgan fingerprint density at radius 2 is 2.07 bits per heavy atom. The summed E-state index contributed by atoms with van der Waals surface area (Å²) in [7, 11) is 0. The zero-order valence-electron chi connectivity index (χ0n) is 8.54. The summed E-state index contributed by atoms with van der Waals surface area (Å²) in [5.74, 6) is 1.40. The molecule has 2 saturated heterocycles. The van der Waals surface area contributed by atoms with Crippen molar-refractivity contribution in [3.05, 3.63) is 11.4 Å². The number of nitrogens with one attached hydrogen (secondary N) is 1. The molecule has 0 amide bonds. The summed E-state index contributed by atoms with van der Waals surface area (Å²) in [6, 6.07) is 0.234. The van der Waals surface area contributed by atoms with Crippen LogP contribution >= 0.6 is 0 Å². The molecular weight excluding hydrogens is 176 g/mol. The van der Waals surface area contributed by atoms with Crippen LogP contribution in [-0.4, -0.2) is 32.3 Å². The zero-order valence-corrected chi connectivity index (χ0v) is 8.54. The first kappa shape index (κ1) is 9.95. The largest absolute Gasteiger partial charge is 0.381 e. The van der Waals surface area contributed by atoms with Gasteiger partial charge in [-0.25, -0.2) is 6.57 Å². The van der Waals surface area contributed by atoms with E-state index in [1.54, 1.807) is 0 Å². The average Bonchev–Trinajstić information content (AvgIpc) is 2.67. The van der Waals surface area contributed by atoms with Crippen molar-refractivity contribution in [2.24, 2.45) is 11.8 Å². The molecule has 0 spiro atoms. The Morgan fingerprint density at radius 1 is 1.29 bits per heavy atom. The molecule has 2 heterocycles. The fourth-order valence-corrected chi connectivity index (χ4v) is 2.52. The third-order valence-corrected chi connectivity index (χ3v) is 3.45. The van der Waals surface area contributed by atoms with Gasteiger partial charge in [0.25, 0.3) is 0 Å². The normalized spacial score (nSPS) is 34.2. The van der Waals surface area contributed by atoms with Crippen molar-refractivity contribution >= 4 is 0 Å². The van der Waals surface area contributed by atoms with Gasteiger partial charge in [0.05, 0.1) is 6.54 Å². The summed E-state index contributed by atoms with van der Waals surface area (Å²) in [5, 5.41) is 3.32. The first-order valence-corrected chi connectivity index (χ1v) is 5.55. The minimum Gasteiger partial charge on any atom is -0.381 e. The fourth-order valence-electron chi connectivity index (χ4n) is 2.52. The van der Waals surface area contributed by atoms with Crippen LogP contribution < -0.4 is 5.32 Å². The van der Waals surface area contributed by atoms with Crippen molar-refractivity contribution < 1.29 is 4.74 Å². The van der Waals surface area contributed by atoms with Gasteiger partial charge in [-0.3, -0.25) is 0 Å². The zero-order chi connectivity index (χ0) is 9.80. The molecule has 3 heteroatoms. The number of nitrogens with zero attached hydrogens (tertiary/aromatic N) is 1. The maximum absolute atomic E-state index is 7.11. The lowest BCUT2D eigenvalue weighted by atomic mass is 9.87. The van der Waals surface area contributed by atoms with Crippen molar-refractivity contribution in [2.45, 2.75) is 25.3 Å². The summed E-state index contributed by atoms with van der Waals surface area (Å²) in [6.45, 7) is 10.9. The number of ether oxygens (including phenoxy) is 1. The lowest BCUT2D eigenvalue weighted by Crippen LogP contribution is -2.23. The Bertz CT molecular complexity index is 218. The van der Waals surface area contributed by atoms with E-state index in [-0.39, 0.29) is 6.04 Å². The summed E-state index contributed by atoms with van der Waals surface area (Å²) in [5.41, 5.74) is 0. The molecule has 0 aromatic carbocycles. The first-order chi connectivity index (χ1) is 6.90. The Hall–Kier alpha value is -0.590. The maximum atomic E-state index is 7.11. The summed E-state index contributed by atoms with van der Waals surface area (Å²) >= 11 is 0. The van der Waals surface area contributed by atoms with Gasteiger partial charge >= 0.3 is 0 Å². The lowest BCUT2D eigenvalue weighted by Gasteiger charge is -2.24. The van der Waals surface area contributed by atoms with Gasteiger partial charge in [-0.15, -0.1) is 0 Å². The molecular formula is C11H18N2O. The van der Waals surface area contributed by atoms with E-state index in [4.69, 9.17) is 11.3 Å². The standard InChI is InChI=1S/C11H18N2O/c1-12-11-8-13-7-10(11)6-9-2-4-14-5-3-9/h9-11,13H,2-8H2/t10-,11-/m0/s1. The van der Waals surface area contributed by atoms with E-state index in [2.05, 4.69) is 10.2 Å². The van der Waals surface area contributed by atoms with Crippen molar-refractivity contribution in [1.82, 2.24) is 5.32 Å². The molecule has 1 N–H and O–H groups in total. The van der Waals surface area contributed by atoms with E-state index in [1.807, 2.05) is 0 Å². The molecule has 2 atom stereocenters. The van der Waals surface area contributed by atoms with Gasteiger partial charge < -0.3 is 14.9 Å². The van der Waals surface area contributed by atoms with Crippen LogP contribution in [0.1, 0.15) is 19.3 Å². The van der Waals surface area contributed by atoms with Crippen molar-refractivity contribution in [3.63, 3.8) is 0 Å². The highest BCUT2D eigenvalue weighted by Crippen LogP contribution is 2.27. The van der Waals surface area contributed by atoms with Gasteiger partial charge in [0.1, 0.15) is 0 Å². The van der Waals surface area contributed by atoms with Crippen LogP contribution in [0.2, 0.25) is 0 Å². The van der Waals surface area contributed by atoms with Gasteiger partial charge in [-0.05, 0) is 25.2 Å². The summed E-state index contributed by atoms with van der Waals surface area (Å²) in [6.07, 6.45) is 3.62. The third-order valence-electron chi connectivity index (χ3n) is 3.45. The Morgan fingerprint density at radius 3 is 2.79 bits per heavy atom. The monoisotopic (exact) mass is 194 g/mol. The molecule has 2 fully saturated rings. The second kappa shape index (κ2) is 4.77. The molecule has 0 radical (unpaired) electrons. The quantitative estimate of drug-likeness (QED) is 0.671. The molecule has 3 nitrogen and oxygen atoms in total. The molecule has 14 heavy (non-hydrogen) atoms. The van der Waals surface area contributed by atoms with Crippen LogP contribution in [0.5, 0.6) is 0 Å². The van der Waals surface area contributed by atoms with Crippen LogP contribution in [-0.2, 0) is 4.74 Å². The molecule has 0 bridgehead atoms. The smallest absolute Gasteiger partial charge is 0.239 e. The molecule has 0 saturated carbocycles. The van der Waals surface area contributed by atoms with Crippen molar-refractivity contribution in [2.75, 3.05) is 26.3 Å². The van der Waals surface area contributed by atoms with E-state index in [0.29, 0.717) is 5.92 Å². The third kappa shape index (κ3) is 2.26. The molecule has 0 aromatic heterocycles. The highest BCUT2D eigenvalue weighted by atomic mass is 16.5. The Kier molecular flexibility index (Phi) is 3.39. The van der Waals surface area contributed by atoms with Crippen LogP contribution in [0.4, 0.5) is 0 Å². The predicted molar refractivity (Wildman–Crippen MR) is 54.9 cm³/mol. The van der Waals surface area contributed by atoms with Gasteiger partial charge in [0.2, 0.25) is 6.04 Å². The highest BCUT2D eigenvalue weighted by molar-refractivity contribution is 4.94. The van der Waals surface area contributed by atoms with Gasteiger partial charge in [-0.1, -0.05) is 0 Å². The van der Waals surface area contributed by atoms with Gasteiger partial charge in [0, 0.05) is 25.7 Å². The topological polar surface area (TPSA) is 25.6 Å². The van der Waals surface area contributed by atoms with Crippen molar-refractivity contribution in [1.29, 1.82) is 0 Å². The van der Waals surface area contributed by atoms with E-state index >= 15 is 0 Å². The number of hydrogen-bond donors (Lipinski definition) is 1. The maximum Gasteiger partial charge on any atom is 0.239 e. The van der Waals surface area contributed by atoms with Gasteiger partial charge in [0.15, 0.2) is 0 Å².